The molecule has 0 aliphatic rings. The molecule has 4 nitrogen and oxygen atoms in total. The van der Waals surface area contributed by atoms with Crippen molar-refractivity contribution in [1.29, 1.82) is 0 Å². The summed E-state index contributed by atoms with van der Waals surface area (Å²) in [5, 5.41) is 3.32. The molecule has 2 unspecified atom stereocenters. The molecule has 0 aliphatic carbocycles. The van der Waals surface area contributed by atoms with Crippen molar-refractivity contribution >= 4 is 17.9 Å². The summed E-state index contributed by atoms with van der Waals surface area (Å²) in [5.41, 5.74) is -3.34. The van der Waals surface area contributed by atoms with Crippen LogP contribution in [0.4, 0.5) is 43.9 Å². The third kappa shape index (κ3) is 8.48. The van der Waals surface area contributed by atoms with Gasteiger partial charge in [0.1, 0.15) is 18.4 Å². The molecule has 0 fully saturated rings. The molecule has 0 saturated heterocycles. The van der Waals surface area contributed by atoms with Gasteiger partial charge in [-0.05, 0) is 48.7 Å². The minimum absolute atomic E-state index is 0.0683. The largest absolute Gasteiger partial charge is 0.417 e. The molecular formula is C24H20F10N2O2. The molecule has 2 amide bonds. The standard InChI is InChI=1S/C24H20F10N2O2/c1-12-9-15(5-8-19(12)25)17(23(29,30)31)7-4-14-3-6-16(18(10-14)24(32,33)34)21(38)36-13(2)20(37)35-11-22(26,27)28/h3-10,13,17H,11H2,1-2H3,(H,35,37)(H,36,38)/b7-4+. The molecule has 0 aliphatic heterocycles. The summed E-state index contributed by atoms with van der Waals surface area (Å²) in [5.74, 6) is -5.78. The van der Waals surface area contributed by atoms with Crippen LogP contribution < -0.4 is 10.6 Å². The Labute approximate surface area is 209 Å². The van der Waals surface area contributed by atoms with E-state index in [1.54, 1.807) is 0 Å². The SMILES string of the molecule is Cc1cc(C(/C=C/c2ccc(C(=O)NC(C)C(=O)NCC(F)(F)F)c(C(F)(F)F)c2)C(F)(F)F)ccc1F. The number of aryl methyl sites for hydroxylation is 1. The zero-order chi connectivity index (χ0) is 29.1. The van der Waals surface area contributed by atoms with Crippen molar-refractivity contribution in [2.75, 3.05) is 6.54 Å². The first-order valence-corrected chi connectivity index (χ1v) is 10.7. The molecule has 2 rings (SSSR count). The van der Waals surface area contributed by atoms with Crippen LogP contribution in [0.2, 0.25) is 0 Å². The molecule has 208 valence electrons. The van der Waals surface area contributed by atoms with Crippen molar-refractivity contribution in [3.8, 4) is 0 Å². The van der Waals surface area contributed by atoms with Crippen LogP contribution in [0, 0.1) is 12.7 Å². The highest BCUT2D eigenvalue weighted by atomic mass is 19.4. The smallest absolute Gasteiger partial charge is 0.345 e. The van der Waals surface area contributed by atoms with Crippen LogP contribution in [0.3, 0.4) is 0 Å². The number of amides is 2. The number of benzene rings is 2. The minimum Gasteiger partial charge on any atom is -0.345 e. The predicted octanol–water partition coefficient (Wildman–Crippen LogP) is 6.31. The number of allylic oxidation sites excluding steroid dienone is 1. The summed E-state index contributed by atoms with van der Waals surface area (Å²) in [7, 11) is 0. The van der Waals surface area contributed by atoms with E-state index in [-0.39, 0.29) is 16.7 Å². The van der Waals surface area contributed by atoms with E-state index in [4.69, 9.17) is 0 Å². The molecule has 14 heteroatoms. The lowest BCUT2D eigenvalue weighted by Gasteiger charge is -2.19. The van der Waals surface area contributed by atoms with Crippen molar-refractivity contribution in [1.82, 2.24) is 10.6 Å². The molecule has 0 spiro atoms. The van der Waals surface area contributed by atoms with Gasteiger partial charge in [0.15, 0.2) is 0 Å². The Morgan fingerprint density at radius 1 is 0.947 bits per heavy atom. The second kappa shape index (κ2) is 11.4. The summed E-state index contributed by atoms with van der Waals surface area (Å²) in [6.07, 6.45) is -13.4. The Hall–Kier alpha value is -3.58. The van der Waals surface area contributed by atoms with E-state index in [1.807, 2.05) is 5.32 Å². The lowest BCUT2D eigenvalue weighted by Crippen LogP contribution is -2.47. The first-order chi connectivity index (χ1) is 17.3. The van der Waals surface area contributed by atoms with E-state index in [1.165, 1.54) is 12.2 Å². The van der Waals surface area contributed by atoms with Crippen LogP contribution in [0.15, 0.2) is 42.5 Å². The first kappa shape index (κ1) is 30.6. The number of alkyl halides is 9. The van der Waals surface area contributed by atoms with E-state index < -0.39 is 65.8 Å². The fourth-order valence-corrected chi connectivity index (χ4v) is 3.26. The number of rotatable bonds is 7. The highest BCUT2D eigenvalue weighted by molar-refractivity contribution is 5.99. The third-order valence-electron chi connectivity index (χ3n) is 5.17. The molecular weight excluding hydrogens is 538 g/mol. The van der Waals surface area contributed by atoms with Crippen LogP contribution in [0.1, 0.15) is 45.5 Å². The van der Waals surface area contributed by atoms with Crippen LogP contribution in [-0.2, 0) is 11.0 Å². The zero-order valence-electron chi connectivity index (χ0n) is 19.6. The van der Waals surface area contributed by atoms with Crippen molar-refractivity contribution in [2.45, 2.75) is 44.3 Å². The van der Waals surface area contributed by atoms with Gasteiger partial charge in [-0.2, -0.15) is 39.5 Å². The number of carbonyl (C=O) groups is 2. The maximum Gasteiger partial charge on any atom is 0.417 e. The van der Waals surface area contributed by atoms with Crippen LogP contribution >= 0.6 is 0 Å². The molecule has 0 bridgehead atoms. The first-order valence-electron chi connectivity index (χ1n) is 10.7. The highest BCUT2D eigenvalue weighted by Gasteiger charge is 2.39. The zero-order valence-corrected chi connectivity index (χ0v) is 19.6. The van der Waals surface area contributed by atoms with Gasteiger partial charge in [-0.15, -0.1) is 0 Å². The van der Waals surface area contributed by atoms with Gasteiger partial charge in [-0.25, -0.2) is 4.39 Å². The van der Waals surface area contributed by atoms with Crippen LogP contribution in [-0.4, -0.2) is 36.8 Å². The Morgan fingerprint density at radius 2 is 1.58 bits per heavy atom. The topological polar surface area (TPSA) is 58.2 Å². The maximum absolute atomic E-state index is 13.6. The monoisotopic (exact) mass is 558 g/mol. The second-order valence-corrected chi connectivity index (χ2v) is 8.22. The molecule has 0 aromatic heterocycles. The Bertz CT molecular complexity index is 1200. The van der Waals surface area contributed by atoms with Gasteiger partial charge in [0.25, 0.3) is 5.91 Å². The molecule has 2 atom stereocenters. The van der Waals surface area contributed by atoms with Gasteiger partial charge in [0, 0.05) is 0 Å². The molecule has 0 radical (unpaired) electrons. The molecule has 2 aromatic carbocycles. The van der Waals surface area contributed by atoms with Gasteiger partial charge in [-0.1, -0.05) is 30.4 Å². The molecule has 2 N–H and O–H groups in total. The number of halogens is 10. The Kier molecular flexibility index (Phi) is 9.22. The van der Waals surface area contributed by atoms with Crippen LogP contribution in [0.5, 0.6) is 0 Å². The van der Waals surface area contributed by atoms with E-state index >= 15 is 0 Å². The van der Waals surface area contributed by atoms with E-state index in [2.05, 4.69) is 0 Å². The normalized spacial score (nSPS) is 14.3. The average Bonchev–Trinajstić information content (AvgIpc) is 2.77. The molecule has 0 heterocycles. The van der Waals surface area contributed by atoms with Crippen LogP contribution in [0.25, 0.3) is 6.08 Å². The summed E-state index contributed by atoms with van der Waals surface area (Å²) >= 11 is 0. The fraction of sp³-hybridized carbons (Fsp3) is 0.333. The quantitative estimate of drug-likeness (QED) is 0.392. The van der Waals surface area contributed by atoms with Gasteiger partial charge < -0.3 is 10.6 Å². The van der Waals surface area contributed by atoms with E-state index in [0.29, 0.717) is 18.2 Å². The summed E-state index contributed by atoms with van der Waals surface area (Å²) in [6, 6.07) is 3.02. The van der Waals surface area contributed by atoms with Gasteiger partial charge in [0.2, 0.25) is 5.91 Å². The van der Waals surface area contributed by atoms with Crippen molar-refractivity contribution in [3.05, 3.63) is 76.1 Å². The molecule has 2 aromatic rings. The number of hydrogen-bond donors (Lipinski definition) is 2. The van der Waals surface area contributed by atoms with Gasteiger partial charge in [-0.3, -0.25) is 9.59 Å². The van der Waals surface area contributed by atoms with E-state index in [9.17, 15) is 53.5 Å². The highest BCUT2D eigenvalue weighted by Crippen LogP contribution is 2.38. The molecule has 0 saturated carbocycles. The number of hydrogen-bond acceptors (Lipinski definition) is 2. The third-order valence-corrected chi connectivity index (χ3v) is 5.17. The summed E-state index contributed by atoms with van der Waals surface area (Å²) in [4.78, 5) is 24.1. The van der Waals surface area contributed by atoms with Crippen molar-refractivity contribution < 1.29 is 53.5 Å². The van der Waals surface area contributed by atoms with Gasteiger partial charge >= 0.3 is 18.5 Å². The van der Waals surface area contributed by atoms with E-state index in [0.717, 1.165) is 37.3 Å². The van der Waals surface area contributed by atoms with Crippen molar-refractivity contribution in [2.24, 2.45) is 0 Å². The fourth-order valence-electron chi connectivity index (χ4n) is 3.26. The van der Waals surface area contributed by atoms with Crippen molar-refractivity contribution in [3.63, 3.8) is 0 Å². The predicted molar refractivity (Wildman–Crippen MR) is 116 cm³/mol. The lowest BCUT2D eigenvalue weighted by atomic mass is 9.95. The Balaban J connectivity index is 2.34. The Morgan fingerprint density at radius 3 is 2.11 bits per heavy atom. The minimum atomic E-state index is -5.16. The average molecular weight is 558 g/mol. The maximum atomic E-state index is 13.6. The summed E-state index contributed by atoms with van der Waals surface area (Å²) < 4.78 is 132. The summed E-state index contributed by atoms with van der Waals surface area (Å²) in [6.45, 7) is 0.468. The number of nitrogens with one attached hydrogen (secondary N) is 2. The second-order valence-electron chi connectivity index (χ2n) is 8.22. The van der Waals surface area contributed by atoms with Gasteiger partial charge in [0.05, 0.1) is 17.0 Å². The number of carbonyl (C=O) groups excluding carboxylic acids is 2. The molecule has 38 heavy (non-hydrogen) atoms. The lowest BCUT2D eigenvalue weighted by molar-refractivity contribution is -0.139.